The molecule has 1 aromatic carbocycles. The second kappa shape index (κ2) is 7.65. The Kier molecular flexibility index (Phi) is 5.29. The predicted octanol–water partition coefficient (Wildman–Crippen LogP) is 1.40. The van der Waals surface area contributed by atoms with Crippen molar-refractivity contribution in [2.24, 2.45) is 11.8 Å². The van der Waals surface area contributed by atoms with E-state index in [9.17, 15) is 28.0 Å². The number of benzene rings is 1. The van der Waals surface area contributed by atoms with Gasteiger partial charge in [-0.05, 0) is 25.0 Å². The van der Waals surface area contributed by atoms with Crippen LogP contribution in [0.2, 0.25) is 0 Å². The molecule has 0 bridgehead atoms. The van der Waals surface area contributed by atoms with Gasteiger partial charge in [0.2, 0.25) is 11.8 Å². The number of likely N-dealkylation sites (tertiary alicyclic amines) is 1. The van der Waals surface area contributed by atoms with Crippen molar-refractivity contribution in [1.29, 1.82) is 0 Å². The van der Waals surface area contributed by atoms with Crippen LogP contribution in [0.5, 0.6) is 0 Å². The number of carbonyl (C=O) groups is 4. The van der Waals surface area contributed by atoms with Crippen molar-refractivity contribution in [3.05, 3.63) is 42.0 Å². The van der Waals surface area contributed by atoms with Crippen LogP contribution < -0.4 is 5.32 Å². The molecule has 3 rings (SSSR count). The molecule has 2 atom stereocenters. The van der Waals surface area contributed by atoms with Gasteiger partial charge < -0.3 is 10.1 Å². The lowest BCUT2D eigenvalue weighted by atomic mass is 9.85. The topological polar surface area (TPSA) is 92.8 Å². The molecular weight excluding hydrogens is 362 g/mol. The number of carbonyl (C=O) groups excluding carboxylic acids is 4. The van der Waals surface area contributed by atoms with Gasteiger partial charge in [-0.25, -0.2) is 8.78 Å². The highest BCUT2D eigenvalue weighted by Crippen LogP contribution is 2.34. The van der Waals surface area contributed by atoms with Crippen molar-refractivity contribution in [3.63, 3.8) is 0 Å². The number of fused-ring (bicyclic) bond motifs is 1. The standard InChI is InChI=1S/C18H16F2N2O5/c19-12-6-3-7-13(20)16(12)21-14(23)9-27-15(24)8-22-17(25)10-4-1-2-5-11(10)18(22)26/h1-3,6-7,10-11H,4-5,8-9H2,(H,21,23)/t10-,11+. The Morgan fingerprint density at radius 1 is 1.07 bits per heavy atom. The lowest BCUT2D eigenvalue weighted by Gasteiger charge is -2.14. The van der Waals surface area contributed by atoms with Crippen LogP contribution in [0.4, 0.5) is 14.5 Å². The molecule has 3 amide bonds. The highest BCUT2D eigenvalue weighted by atomic mass is 19.1. The Balaban J connectivity index is 1.52. The van der Waals surface area contributed by atoms with E-state index >= 15 is 0 Å². The highest BCUT2D eigenvalue weighted by Gasteiger charge is 2.47. The summed E-state index contributed by atoms with van der Waals surface area (Å²) in [5, 5.41) is 1.96. The SMILES string of the molecule is O=C(COC(=O)CN1C(=O)[C@H]2CC=CC[C@H]2C1=O)Nc1c(F)cccc1F. The molecule has 1 fully saturated rings. The molecule has 0 radical (unpaired) electrons. The predicted molar refractivity (Wildman–Crippen MR) is 88.0 cm³/mol. The number of allylic oxidation sites excluding steroid dienone is 2. The van der Waals surface area contributed by atoms with Gasteiger partial charge in [0.1, 0.15) is 23.9 Å². The summed E-state index contributed by atoms with van der Waals surface area (Å²) in [6, 6.07) is 3.06. The van der Waals surface area contributed by atoms with Gasteiger partial charge in [0.15, 0.2) is 6.61 Å². The number of para-hydroxylation sites is 1. The lowest BCUT2D eigenvalue weighted by molar-refractivity contribution is -0.154. The number of anilines is 1. The molecule has 0 spiro atoms. The van der Waals surface area contributed by atoms with Gasteiger partial charge in [0.05, 0.1) is 11.8 Å². The molecule has 0 unspecified atom stereocenters. The van der Waals surface area contributed by atoms with E-state index in [-0.39, 0.29) is 0 Å². The van der Waals surface area contributed by atoms with Crippen molar-refractivity contribution < 1.29 is 32.7 Å². The van der Waals surface area contributed by atoms with Gasteiger partial charge in [0.25, 0.3) is 5.91 Å². The quantitative estimate of drug-likeness (QED) is 0.475. The van der Waals surface area contributed by atoms with Crippen LogP contribution in [-0.4, -0.2) is 41.7 Å². The minimum absolute atomic E-state index is 0.441. The Bertz CT molecular complexity index is 793. The molecule has 1 saturated heterocycles. The molecule has 0 aromatic heterocycles. The summed E-state index contributed by atoms with van der Waals surface area (Å²) < 4.78 is 31.6. The third-order valence-electron chi connectivity index (χ3n) is 4.48. The third kappa shape index (κ3) is 3.86. The molecule has 2 aliphatic rings. The largest absolute Gasteiger partial charge is 0.454 e. The highest BCUT2D eigenvalue weighted by molar-refractivity contribution is 6.07. The minimum atomic E-state index is -0.973. The maximum absolute atomic E-state index is 13.5. The van der Waals surface area contributed by atoms with E-state index < -0.39 is 66.0 Å². The maximum atomic E-state index is 13.5. The number of hydrogen-bond acceptors (Lipinski definition) is 5. The zero-order valence-corrected chi connectivity index (χ0v) is 14.1. The van der Waals surface area contributed by atoms with Crippen LogP contribution >= 0.6 is 0 Å². The number of ether oxygens (including phenoxy) is 1. The van der Waals surface area contributed by atoms with Crippen molar-refractivity contribution in [1.82, 2.24) is 4.90 Å². The monoisotopic (exact) mass is 378 g/mol. The first-order valence-electron chi connectivity index (χ1n) is 8.28. The molecule has 1 aliphatic carbocycles. The Hall–Kier alpha value is -3.10. The number of amides is 3. The average Bonchev–Trinajstić information content (AvgIpc) is 2.88. The molecule has 27 heavy (non-hydrogen) atoms. The van der Waals surface area contributed by atoms with E-state index in [0.717, 1.165) is 23.1 Å². The van der Waals surface area contributed by atoms with Crippen molar-refractivity contribution in [2.45, 2.75) is 12.8 Å². The van der Waals surface area contributed by atoms with Crippen LogP contribution in [0.25, 0.3) is 0 Å². The van der Waals surface area contributed by atoms with Gasteiger partial charge in [0, 0.05) is 0 Å². The fraction of sp³-hybridized carbons (Fsp3) is 0.333. The number of halogens is 2. The summed E-state index contributed by atoms with van der Waals surface area (Å²) in [4.78, 5) is 48.9. The Morgan fingerprint density at radius 2 is 1.63 bits per heavy atom. The normalized spacial score (nSPS) is 21.2. The minimum Gasteiger partial charge on any atom is -0.454 e. The zero-order chi connectivity index (χ0) is 19.6. The fourth-order valence-corrected chi connectivity index (χ4v) is 3.14. The lowest BCUT2D eigenvalue weighted by Crippen LogP contribution is -2.37. The van der Waals surface area contributed by atoms with E-state index in [1.165, 1.54) is 0 Å². The summed E-state index contributed by atoms with van der Waals surface area (Å²) in [5.74, 6) is -5.69. The number of imide groups is 1. The average molecular weight is 378 g/mol. The molecule has 142 valence electrons. The van der Waals surface area contributed by atoms with Gasteiger partial charge in [-0.15, -0.1) is 0 Å². The summed E-state index contributed by atoms with van der Waals surface area (Å²) >= 11 is 0. The Labute approximate surface area is 153 Å². The number of nitrogens with zero attached hydrogens (tertiary/aromatic N) is 1. The van der Waals surface area contributed by atoms with Crippen molar-refractivity contribution >= 4 is 29.4 Å². The summed E-state index contributed by atoms with van der Waals surface area (Å²) in [6.45, 7) is -1.41. The Morgan fingerprint density at radius 3 is 2.19 bits per heavy atom. The smallest absolute Gasteiger partial charge is 0.326 e. The fourth-order valence-electron chi connectivity index (χ4n) is 3.14. The molecule has 1 heterocycles. The van der Waals surface area contributed by atoms with Gasteiger partial charge in [-0.3, -0.25) is 24.1 Å². The summed E-state index contributed by atoms with van der Waals surface area (Å²) in [7, 11) is 0. The van der Waals surface area contributed by atoms with E-state index in [0.29, 0.717) is 12.8 Å². The van der Waals surface area contributed by atoms with E-state index in [1.54, 1.807) is 0 Å². The number of nitrogens with one attached hydrogen (secondary N) is 1. The van der Waals surface area contributed by atoms with Crippen molar-refractivity contribution in [2.75, 3.05) is 18.5 Å². The van der Waals surface area contributed by atoms with Crippen LogP contribution in [0.15, 0.2) is 30.4 Å². The third-order valence-corrected chi connectivity index (χ3v) is 4.48. The number of rotatable bonds is 5. The molecular formula is C18H16F2N2O5. The van der Waals surface area contributed by atoms with Gasteiger partial charge in [-0.1, -0.05) is 18.2 Å². The summed E-state index contributed by atoms with van der Waals surface area (Å²) in [5.41, 5.74) is -0.653. The second-order valence-electron chi connectivity index (χ2n) is 6.22. The molecule has 0 saturated carbocycles. The van der Waals surface area contributed by atoms with E-state index in [1.807, 2.05) is 17.5 Å². The zero-order valence-electron chi connectivity index (χ0n) is 14.1. The van der Waals surface area contributed by atoms with Crippen LogP contribution in [0.1, 0.15) is 12.8 Å². The van der Waals surface area contributed by atoms with Gasteiger partial charge >= 0.3 is 5.97 Å². The molecule has 1 N–H and O–H groups in total. The first-order chi connectivity index (χ1) is 12.9. The molecule has 9 heteroatoms. The van der Waals surface area contributed by atoms with Crippen LogP contribution in [0.3, 0.4) is 0 Å². The molecule has 1 aromatic rings. The molecule has 7 nitrogen and oxygen atoms in total. The first kappa shape index (κ1) is 18.7. The maximum Gasteiger partial charge on any atom is 0.326 e. The first-order valence-corrected chi connectivity index (χ1v) is 8.28. The number of esters is 1. The second-order valence-corrected chi connectivity index (χ2v) is 6.22. The summed E-state index contributed by atoms with van der Waals surface area (Å²) in [6.07, 6.45) is 4.52. The van der Waals surface area contributed by atoms with Crippen molar-refractivity contribution in [3.8, 4) is 0 Å². The van der Waals surface area contributed by atoms with Gasteiger partial charge in [-0.2, -0.15) is 0 Å². The van der Waals surface area contributed by atoms with E-state index in [4.69, 9.17) is 4.74 Å². The van der Waals surface area contributed by atoms with Crippen LogP contribution in [-0.2, 0) is 23.9 Å². The van der Waals surface area contributed by atoms with Crippen LogP contribution in [0, 0.1) is 23.5 Å². The number of hydrogen-bond donors (Lipinski definition) is 1. The molecule has 1 aliphatic heterocycles. The van der Waals surface area contributed by atoms with E-state index in [2.05, 4.69) is 0 Å².